The van der Waals surface area contributed by atoms with E-state index in [-0.39, 0.29) is 11.5 Å². The molecule has 18 heavy (non-hydrogen) atoms. The molecule has 2 fully saturated rings. The van der Waals surface area contributed by atoms with Crippen LogP contribution in [0.3, 0.4) is 0 Å². The van der Waals surface area contributed by atoms with E-state index in [1.165, 1.54) is 6.42 Å². The van der Waals surface area contributed by atoms with Crippen LogP contribution in [0.1, 0.15) is 46.5 Å². The van der Waals surface area contributed by atoms with Crippen molar-refractivity contribution in [3.63, 3.8) is 0 Å². The smallest absolute Gasteiger partial charge is 0.0691 e. The molecule has 0 bridgehead atoms. The van der Waals surface area contributed by atoms with Crippen molar-refractivity contribution in [3.8, 4) is 0 Å². The fraction of sp³-hybridized carbons (Fsp3) is 1.00. The molecular formula is C14H27NO2S. The van der Waals surface area contributed by atoms with Crippen molar-refractivity contribution in [3.05, 3.63) is 0 Å². The standard InChI is InChI=1S/C14H27NO2S/c1-4-15-13-12(7-8-14(13,2)3)18(16)10-11-6-5-9-17-11/h11-13,15H,4-10H2,1-3H3. The summed E-state index contributed by atoms with van der Waals surface area (Å²) in [5, 5.41) is 3.87. The molecule has 4 atom stereocenters. The molecule has 1 aliphatic carbocycles. The van der Waals surface area contributed by atoms with Crippen LogP contribution in [0.5, 0.6) is 0 Å². The Morgan fingerprint density at radius 3 is 2.78 bits per heavy atom. The largest absolute Gasteiger partial charge is 0.377 e. The van der Waals surface area contributed by atoms with Gasteiger partial charge < -0.3 is 10.1 Å². The summed E-state index contributed by atoms with van der Waals surface area (Å²) >= 11 is 0. The highest BCUT2D eigenvalue weighted by atomic mass is 32.2. The first kappa shape index (κ1) is 14.5. The summed E-state index contributed by atoms with van der Waals surface area (Å²) in [6.07, 6.45) is 4.73. The Balaban J connectivity index is 1.95. The summed E-state index contributed by atoms with van der Waals surface area (Å²) in [6, 6.07) is 0.393. The highest BCUT2D eigenvalue weighted by Crippen LogP contribution is 2.40. The first-order chi connectivity index (χ1) is 8.54. The Bertz CT molecular complexity index is 300. The second-order valence-corrected chi connectivity index (χ2v) is 7.98. The predicted molar refractivity (Wildman–Crippen MR) is 76.3 cm³/mol. The van der Waals surface area contributed by atoms with Gasteiger partial charge in [-0.05, 0) is 37.6 Å². The molecule has 1 aliphatic heterocycles. The van der Waals surface area contributed by atoms with E-state index in [0.29, 0.717) is 11.3 Å². The first-order valence-electron chi connectivity index (χ1n) is 7.27. The topological polar surface area (TPSA) is 38.3 Å². The molecule has 106 valence electrons. The van der Waals surface area contributed by atoms with Crippen LogP contribution in [0.15, 0.2) is 0 Å². The fourth-order valence-electron chi connectivity index (χ4n) is 3.33. The third kappa shape index (κ3) is 3.14. The maximum atomic E-state index is 12.6. The molecule has 0 aromatic carbocycles. The van der Waals surface area contributed by atoms with Gasteiger partial charge in [-0.25, -0.2) is 0 Å². The molecule has 0 amide bonds. The third-order valence-electron chi connectivity index (χ3n) is 4.42. The zero-order valence-electron chi connectivity index (χ0n) is 11.9. The van der Waals surface area contributed by atoms with Crippen LogP contribution in [0.2, 0.25) is 0 Å². The van der Waals surface area contributed by atoms with Gasteiger partial charge in [-0.1, -0.05) is 20.8 Å². The predicted octanol–water partition coefficient (Wildman–Crippen LogP) is 2.08. The number of nitrogens with one attached hydrogen (secondary N) is 1. The van der Waals surface area contributed by atoms with Crippen LogP contribution in [-0.2, 0) is 15.5 Å². The molecule has 0 spiro atoms. The van der Waals surface area contributed by atoms with Crippen LogP contribution in [-0.4, -0.2) is 40.5 Å². The molecule has 3 nitrogen and oxygen atoms in total. The lowest BCUT2D eigenvalue weighted by Crippen LogP contribution is -2.47. The Morgan fingerprint density at radius 2 is 2.17 bits per heavy atom. The van der Waals surface area contributed by atoms with Gasteiger partial charge in [0.25, 0.3) is 0 Å². The van der Waals surface area contributed by atoms with Gasteiger partial charge in [0.2, 0.25) is 0 Å². The van der Waals surface area contributed by atoms with Gasteiger partial charge in [0, 0.05) is 23.4 Å². The van der Waals surface area contributed by atoms with Gasteiger partial charge >= 0.3 is 0 Å². The van der Waals surface area contributed by atoms with E-state index in [0.717, 1.165) is 38.2 Å². The SMILES string of the molecule is CCNC1C(S(=O)CC2CCCO2)CCC1(C)C. The van der Waals surface area contributed by atoms with Crippen molar-refractivity contribution in [2.24, 2.45) is 5.41 Å². The Kier molecular flexibility index (Phi) is 4.84. The molecule has 0 radical (unpaired) electrons. The van der Waals surface area contributed by atoms with E-state index >= 15 is 0 Å². The minimum absolute atomic E-state index is 0.247. The van der Waals surface area contributed by atoms with Crippen molar-refractivity contribution in [1.29, 1.82) is 0 Å². The lowest BCUT2D eigenvalue weighted by molar-refractivity contribution is 0.128. The van der Waals surface area contributed by atoms with Crippen molar-refractivity contribution >= 4 is 10.8 Å². The summed E-state index contributed by atoms with van der Waals surface area (Å²) in [5.41, 5.74) is 0.271. The molecule has 4 heteroatoms. The van der Waals surface area contributed by atoms with Crippen LogP contribution < -0.4 is 5.32 Å². The van der Waals surface area contributed by atoms with Gasteiger partial charge in [0.1, 0.15) is 0 Å². The molecule has 4 unspecified atom stereocenters. The number of rotatable bonds is 5. The molecule has 2 aliphatic rings. The fourth-order valence-corrected chi connectivity index (χ4v) is 5.36. The molecule has 2 rings (SSSR count). The lowest BCUT2D eigenvalue weighted by atomic mass is 9.87. The quantitative estimate of drug-likeness (QED) is 0.833. The van der Waals surface area contributed by atoms with Crippen molar-refractivity contribution in [2.75, 3.05) is 18.9 Å². The van der Waals surface area contributed by atoms with E-state index in [1.54, 1.807) is 0 Å². The van der Waals surface area contributed by atoms with Gasteiger partial charge in [0.05, 0.1) is 17.1 Å². The minimum atomic E-state index is -0.751. The zero-order chi connectivity index (χ0) is 13.2. The minimum Gasteiger partial charge on any atom is -0.377 e. The first-order valence-corrected chi connectivity index (χ1v) is 8.65. The van der Waals surface area contributed by atoms with E-state index in [9.17, 15) is 4.21 Å². The maximum Gasteiger partial charge on any atom is 0.0691 e. The van der Waals surface area contributed by atoms with Crippen LogP contribution in [0, 0.1) is 5.41 Å². The molecule has 1 N–H and O–H groups in total. The van der Waals surface area contributed by atoms with E-state index in [2.05, 4.69) is 26.1 Å². The average molecular weight is 273 g/mol. The van der Waals surface area contributed by atoms with E-state index in [4.69, 9.17) is 4.74 Å². The maximum absolute atomic E-state index is 12.6. The summed E-state index contributed by atoms with van der Waals surface area (Å²) < 4.78 is 18.2. The number of hydrogen-bond donors (Lipinski definition) is 1. The van der Waals surface area contributed by atoms with Crippen LogP contribution in [0.25, 0.3) is 0 Å². The van der Waals surface area contributed by atoms with E-state index < -0.39 is 10.8 Å². The van der Waals surface area contributed by atoms with E-state index in [1.807, 2.05) is 0 Å². The van der Waals surface area contributed by atoms with Crippen LogP contribution in [0.4, 0.5) is 0 Å². The van der Waals surface area contributed by atoms with Crippen molar-refractivity contribution < 1.29 is 8.95 Å². The Labute approximate surface area is 114 Å². The molecule has 0 aromatic rings. The monoisotopic (exact) mass is 273 g/mol. The van der Waals surface area contributed by atoms with Gasteiger partial charge in [0.15, 0.2) is 0 Å². The zero-order valence-corrected chi connectivity index (χ0v) is 12.7. The molecule has 1 heterocycles. The third-order valence-corrected chi connectivity index (χ3v) is 6.31. The number of ether oxygens (including phenoxy) is 1. The highest BCUT2D eigenvalue weighted by molar-refractivity contribution is 7.85. The van der Waals surface area contributed by atoms with Gasteiger partial charge in [-0.15, -0.1) is 0 Å². The van der Waals surface area contributed by atoms with Gasteiger partial charge in [-0.3, -0.25) is 4.21 Å². The normalized spacial score (nSPS) is 36.9. The second kappa shape index (κ2) is 6.02. The molecule has 0 aromatic heterocycles. The van der Waals surface area contributed by atoms with Crippen molar-refractivity contribution in [1.82, 2.24) is 5.32 Å². The van der Waals surface area contributed by atoms with Crippen LogP contribution >= 0.6 is 0 Å². The second-order valence-electron chi connectivity index (χ2n) is 6.28. The summed E-state index contributed by atoms with van der Waals surface area (Å²) in [5.74, 6) is 0.739. The summed E-state index contributed by atoms with van der Waals surface area (Å²) in [4.78, 5) is 0. The molecule has 1 saturated heterocycles. The highest BCUT2D eigenvalue weighted by Gasteiger charge is 2.44. The van der Waals surface area contributed by atoms with Crippen molar-refractivity contribution in [2.45, 2.75) is 63.9 Å². The number of hydrogen-bond acceptors (Lipinski definition) is 3. The molecule has 1 saturated carbocycles. The Hall–Kier alpha value is 0.0700. The molecular weight excluding hydrogens is 246 g/mol. The Morgan fingerprint density at radius 1 is 1.39 bits per heavy atom. The van der Waals surface area contributed by atoms with Gasteiger partial charge in [-0.2, -0.15) is 0 Å². The summed E-state index contributed by atoms with van der Waals surface area (Å²) in [6.45, 7) is 8.54. The summed E-state index contributed by atoms with van der Waals surface area (Å²) in [7, 11) is -0.751. The average Bonchev–Trinajstić information content (AvgIpc) is 2.89. The lowest BCUT2D eigenvalue weighted by Gasteiger charge is -2.31.